The fourth-order valence-electron chi connectivity index (χ4n) is 2.92. The summed E-state index contributed by atoms with van der Waals surface area (Å²) < 4.78 is 38.6. The molecule has 0 saturated carbocycles. The zero-order valence-corrected chi connectivity index (χ0v) is 16.9. The fraction of sp³-hybridized carbons (Fsp3) is 0.625. The van der Waals surface area contributed by atoms with Crippen molar-refractivity contribution in [3.63, 3.8) is 0 Å². The van der Waals surface area contributed by atoms with E-state index >= 15 is 0 Å². The molecule has 2 atom stereocenters. The molecule has 1 aliphatic heterocycles. The molecule has 2 rings (SSSR count). The highest BCUT2D eigenvalue weighted by Gasteiger charge is 2.35. The van der Waals surface area contributed by atoms with Crippen LogP contribution in [0.3, 0.4) is 0 Å². The molecule has 0 aromatic heterocycles. The van der Waals surface area contributed by atoms with Gasteiger partial charge in [0.25, 0.3) is 0 Å². The van der Waals surface area contributed by atoms with E-state index in [-0.39, 0.29) is 35.2 Å². The minimum atomic E-state index is -3.73. The highest BCUT2D eigenvalue weighted by molar-refractivity contribution is 7.89. The maximum absolute atomic E-state index is 13.2. The van der Waals surface area contributed by atoms with Crippen LogP contribution < -0.4 is 10.5 Å². The van der Waals surface area contributed by atoms with Gasteiger partial charge in [-0.15, -0.1) is 12.4 Å². The predicted octanol–water partition coefficient (Wildman–Crippen LogP) is 2.68. The van der Waals surface area contributed by atoms with Crippen LogP contribution in [0.25, 0.3) is 0 Å². The van der Waals surface area contributed by atoms with Gasteiger partial charge in [-0.2, -0.15) is 4.31 Å². The van der Waals surface area contributed by atoms with Gasteiger partial charge < -0.3 is 15.2 Å². The number of nitrogens with two attached hydrogens (primary N) is 1. The molecule has 6 nitrogen and oxygen atoms in total. The van der Waals surface area contributed by atoms with Crippen LogP contribution in [0.1, 0.15) is 26.2 Å². The van der Waals surface area contributed by atoms with Crippen LogP contribution in [-0.2, 0) is 14.8 Å². The Balaban J connectivity index is 0.00000312. The molecule has 25 heavy (non-hydrogen) atoms. The number of hydrogen-bond acceptors (Lipinski definition) is 5. The molecule has 0 amide bonds. The number of hydrogen-bond donors (Lipinski definition) is 1. The average Bonchev–Trinajstić information content (AvgIpc) is 2.56. The molecule has 2 N–H and O–H groups in total. The van der Waals surface area contributed by atoms with Crippen LogP contribution in [0.2, 0.25) is 5.02 Å². The maximum atomic E-state index is 13.2. The molecular weight excluding hydrogens is 387 g/mol. The van der Waals surface area contributed by atoms with E-state index in [1.54, 1.807) is 19.2 Å². The topological polar surface area (TPSA) is 81.9 Å². The molecule has 1 heterocycles. The van der Waals surface area contributed by atoms with Crippen LogP contribution >= 0.6 is 24.0 Å². The average molecular weight is 413 g/mol. The van der Waals surface area contributed by atoms with Crippen molar-refractivity contribution >= 4 is 34.0 Å². The molecule has 0 radical (unpaired) electrons. The summed E-state index contributed by atoms with van der Waals surface area (Å²) in [7, 11) is -2.17. The van der Waals surface area contributed by atoms with Gasteiger partial charge in [-0.1, -0.05) is 18.0 Å². The van der Waals surface area contributed by atoms with Crippen molar-refractivity contribution in [2.24, 2.45) is 5.73 Å². The monoisotopic (exact) mass is 412 g/mol. The van der Waals surface area contributed by atoms with E-state index in [1.165, 1.54) is 10.4 Å². The number of ether oxygens (including phenoxy) is 2. The number of sulfonamides is 1. The molecule has 0 aliphatic carbocycles. The first-order valence-electron chi connectivity index (χ1n) is 8.07. The summed E-state index contributed by atoms with van der Waals surface area (Å²) in [5.41, 5.74) is 5.78. The van der Waals surface area contributed by atoms with Gasteiger partial charge in [-0.25, -0.2) is 8.42 Å². The highest BCUT2D eigenvalue weighted by atomic mass is 35.5. The Hall–Kier alpha value is -0.570. The van der Waals surface area contributed by atoms with E-state index in [1.807, 2.05) is 6.92 Å². The van der Waals surface area contributed by atoms with Crippen molar-refractivity contribution in [1.29, 1.82) is 0 Å². The molecule has 0 bridgehead atoms. The molecule has 9 heteroatoms. The van der Waals surface area contributed by atoms with Gasteiger partial charge in [0.1, 0.15) is 16.7 Å². The van der Waals surface area contributed by atoms with Crippen LogP contribution in [0.5, 0.6) is 5.75 Å². The van der Waals surface area contributed by atoms with Crippen molar-refractivity contribution in [3.8, 4) is 5.75 Å². The van der Waals surface area contributed by atoms with E-state index in [9.17, 15) is 8.42 Å². The van der Waals surface area contributed by atoms with Crippen LogP contribution in [0, 0.1) is 0 Å². The standard InChI is InChI=1S/C16H25ClN2O4S.ClH/c1-12(11-22-2)23-15-7-6-13(17)9-16(15)24(20,21)19-8-4-3-5-14(19)10-18;/h6-7,9,12,14H,3-5,8,10-11,18H2,1-2H3;1H. The first-order valence-corrected chi connectivity index (χ1v) is 9.89. The molecule has 2 unspecified atom stereocenters. The Morgan fingerprint density at radius 2 is 2.12 bits per heavy atom. The molecule has 1 aromatic rings. The first kappa shape index (κ1) is 22.5. The Morgan fingerprint density at radius 1 is 1.40 bits per heavy atom. The SMILES string of the molecule is COCC(C)Oc1ccc(Cl)cc1S(=O)(=O)N1CCCCC1CN.Cl. The van der Waals surface area contributed by atoms with Crippen molar-refractivity contribution in [1.82, 2.24) is 4.31 Å². The Bertz CT molecular complexity index is 658. The first-order chi connectivity index (χ1) is 11.4. The summed E-state index contributed by atoms with van der Waals surface area (Å²) in [6.45, 7) is 2.94. The van der Waals surface area contributed by atoms with E-state index in [4.69, 9.17) is 26.8 Å². The molecule has 1 fully saturated rings. The Labute approximate surface area is 161 Å². The number of rotatable bonds is 7. The van der Waals surface area contributed by atoms with Crippen LogP contribution in [0.15, 0.2) is 23.1 Å². The van der Waals surface area contributed by atoms with E-state index in [0.717, 1.165) is 19.3 Å². The summed E-state index contributed by atoms with van der Waals surface area (Å²) in [6, 6.07) is 4.45. The summed E-state index contributed by atoms with van der Waals surface area (Å²) in [4.78, 5) is 0.0818. The third-order valence-electron chi connectivity index (χ3n) is 4.07. The second-order valence-electron chi connectivity index (χ2n) is 5.98. The van der Waals surface area contributed by atoms with Gasteiger partial charge in [0.05, 0.1) is 6.61 Å². The Kier molecular flexibility index (Phi) is 8.94. The number of nitrogens with zero attached hydrogens (tertiary/aromatic N) is 1. The third kappa shape index (κ3) is 5.45. The van der Waals surface area contributed by atoms with Gasteiger partial charge in [-0.05, 0) is 38.0 Å². The second kappa shape index (κ2) is 9.94. The normalized spacial score (nSPS) is 19.9. The minimum Gasteiger partial charge on any atom is -0.487 e. The van der Waals surface area contributed by atoms with E-state index in [2.05, 4.69) is 0 Å². The molecule has 1 aliphatic rings. The third-order valence-corrected chi connectivity index (χ3v) is 6.28. The minimum absolute atomic E-state index is 0. The van der Waals surface area contributed by atoms with Crippen LogP contribution in [0.4, 0.5) is 0 Å². The lowest BCUT2D eigenvalue weighted by molar-refractivity contribution is 0.0899. The van der Waals surface area contributed by atoms with E-state index < -0.39 is 10.0 Å². The lowest BCUT2D eigenvalue weighted by Gasteiger charge is -2.34. The smallest absolute Gasteiger partial charge is 0.247 e. The highest BCUT2D eigenvalue weighted by Crippen LogP contribution is 2.33. The number of halogens is 2. The molecular formula is C16H26Cl2N2O4S. The van der Waals surface area contributed by atoms with Gasteiger partial charge in [0.15, 0.2) is 0 Å². The quantitative estimate of drug-likeness (QED) is 0.743. The van der Waals surface area contributed by atoms with Gasteiger partial charge in [0.2, 0.25) is 10.0 Å². The van der Waals surface area contributed by atoms with Crippen molar-refractivity contribution in [2.45, 2.75) is 43.2 Å². The number of piperidine rings is 1. The maximum Gasteiger partial charge on any atom is 0.247 e. The summed E-state index contributed by atoms with van der Waals surface area (Å²) in [6.07, 6.45) is 2.30. The summed E-state index contributed by atoms with van der Waals surface area (Å²) in [5.74, 6) is 0.283. The van der Waals surface area contributed by atoms with Gasteiger partial charge in [0, 0.05) is 31.3 Å². The second-order valence-corrected chi connectivity index (χ2v) is 8.27. The molecule has 0 spiro atoms. The van der Waals surface area contributed by atoms with Crippen molar-refractivity contribution in [3.05, 3.63) is 23.2 Å². The van der Waals surface area contributed by atoms with Gasteiger partial charge in [-0.3, -0.25) is 0 Å². The largest absolute Gasteiger partial charge is 0.487 e. The van der Waals surface area contributed by atoms with Gasteiger partial charge >= 0.3 is 0 Å². The molecule has 1 saturated heterocycles. The Morgan fingerprint density at radius 3 is 2.76 bits per heavy atom. The number of methoxy groups -OCH3 is 1. The van der Waals surface area contributed by atoms with Crippen molar-refractivity contribution < 1.29 is 17.9 Å². The fourth-order valence-corrected chi connectivity index (χ4v) is 5.01. The molecule has 144 valence electrons. The molecule has 1 aromatic carbocycles. The lowest BCUT2D eigenvalue weighted by atomic mass is 10.1. The lowest BCUT2D eigenvalue weighted by Crippen LogP contribution is -2.47. The zero-order chi connectivity index (χ0) is 17.7. The van der Waals surface area contributed by atoms with E-state index in [0.29, 0.717) is 24.7 Å². The summed E-state index contributed by atoms with van der Waals surface area (Å²) in [5, 5.41) is 0.349. The number of benzene rings is 1. The van der Waals surface area contributed by atoms with Crippen molar-refractivity contribution in [2.75, 3.05) is 26.8 Å². The summed E-state index contributed by atoms with van der Waals surface area (Å²) >= 11 is 6.04. The van der Waals surface area contributed by atoms with Crippen LogP contribution in [-0.4, -0.2) is 51.7 Å². The predicted molar refractivity (Wildman–Crippen MR) is 101 cm³/mol. The zero-order valence-electron chi connectivity index (χ0n) is 14.5.